The molecule has 2 aromatic carbocycles. The van der Waals surface area contributed by atoms with E-state index < -0.39 is 0 Å². The number of piperidine rings is 1. The first kappa shape index (κ1) is 21.7. The number of guanidine groups is 1. The number of rotatable bonds is 5. The van der Waals surface area contributed by atoms with Crippen molar-refractivity contribution in [1.29, 1.82) is 0 Å². The van der Waals surface area contributed by atoms with Crippen molar-refractivity contribution in [2.75, 3.05) is 18.4 Å². The lowest BCUT2D eigenvalue weighted by atomic mass is 9.99. The average molecular weight is 478 g/mol. The quantitative estimate of drug-likeness (QED) is 0.370. The van der Waals surface area contributed by atoms with Crippen LogP contribution >= 0.6 is 24.0 Å². The fourth-order valence-electron chi connectivity index (χ4n) is 3.53. The van der Waals surface area contributed by atoms with Gasteiger partial charge in [-0.3, -0.25) is 4.90 Å². The molecule has 0 bridgehead atoms. The Kier molecular flexibility index (Phi) is 8.57. The SMILES string of the molecule is Cc1ccc(NC(N)=NCc2ccccc2CN2CCCC(C)C2)cc1.I. The Labute approximate surface area is 180 Å². The van der Waals surface area contributed by atoms with Gasteiger partial charge in [0.15, 0.2) is 5.96 Å². The van der Waals surface area contributed by atoms with Crippen molar-refractivity contribution >= 4 is 35.6 Å². The molecule has 0 aromatic heterocycles. The molecule has 0 aliphatic carbocycles. The number of hydrogen-bond acceptors (Lipinski definition) is 2. The highest BCUT2D eigenvalue weighted by atomic mass is 127. The fraction of sp³-hybridized carbons (Fsp3) is 0.409. The minimum Gasteiger partial charge on any atom is -0.370 e. The Bertz CT molecular complexity index is 742. The van der Waals surface area contributed by atoms with Gasteiger partial charge in [0.25, 0.3) is 0 Å². The van der Waals surface area contributed by atoms with E-state index in [1.807, 2.05) is 12.1 Å². The number of aryl methyl sites for hydroxylation is 1. The van der Waals surface area contributed by atoms with Gasteiger partial charge in [-0.2, -0.15) is 0 Å². The second kappa shape index (κ2) is 10.7. The van der Waals surface area contributed by atoms with Crippen molar-refractivity contribution in [2.24, 2.45) is 16.6 Å². The monoisotopic (exact) mass is 478 g/mol. The number of hydrogen-bond donors (Lipinski definition) is 2. The average Bonchev–Trinajstić information content (AvgIpc) is 2.63. The Morgan fingerprint density at radius 3 is 2.56 bits per heavy atom. The standard InChI is InChI=1S/C22H30N4.HI/c1-17-9-11-21(12-10-17)25-22(23)24-14-19-7-3-4-8-20(19)16-26-13-5-6-18(2)15-26;/h3-4,7-12,18H,5-6,13-16H2,1-2H3,(H3,23,24,25);1H. The first-order valence-corrected chi connectivity index (χ1v) is 9.53. The molecule has 1 saturated heterocycles. The van der Waals surface area contributed by atoms with Gasteiger partial charge in [-0.15, -0.1) is 24.0 Å². The Morgan fingerprint density at radius 1 is 1.15 bits per heavy atom. The third-order valence-corrected chi connectivity index (χ3v) is 5.00. The van der Waals surface area contributed by atoms with Crippen LogP contribution in [0.3, 0.4) is 0 Å². The van der Waals surface area contributed by atoms with Crippen molar-refractivity contribution in [2.45, 2.75) is 39.8 Å². The number of likely N-dealkylation sites (tertiary alicyclic amines) is 1. The van der Waals surface area contributed by atoms with Gasteiger partial charge in [0.1, 0.15) is 0 Å². The lowest BCUT2D eigenvalue weighted by Gasteiger charge is -2.31. The van der Waals surface area contributed by atoms with Crippen molar-refractivity contribution < 1.29 is 0 Å². The third-order valence-electron chi connectivity index (χ3n) is 5.00. The Morgan fingerprint density at radius 2 is 1.85 bits per heavy atom. The van der Waals surface area contributed by atoms with Gasteiger partial charge < -0.3 is 11.1 Å². The van der Waals surface area contributed by atoms with Crippen LogP contribution in [0.15, 0.2) is 53.5 Å². The van der Waals surface area contributed by atoms with E-state index in [-0.39, 0.29) is 24.0 Å². The molecule has 3 rings (SSSR count). The number of nitrogens with zero attached hydrogens (tertiary/aromatic N) is 2. The lowest BCUT2D eigenvalue weighted by molar-refractivity contribution is 0.176. The molecular formula is C22H31IN4. The normalized spacial score (nSPS) is 18.0. The van der Waals surface area contributed by atoms with E-state index in [0.29, 0.717) is 12.5 Å². The van der Waals surface area contributed by atoms with E-state index in [1.54, 1.807) is 0 Å². The van der Waals surface area contributed by atoms with Crippen LogP contribution in [0.2, 0.25) is 0 Å². The second-order valence-electron chi connectivity index (χ2n) is 7.44. The number of nitrogens with one attached hydrogen (secondary N) is 1. The summed E-state index contributed by atoms with van der Waals surface area (Å²) in [5.41, 5.74) is 10.9. The molecular weight excluding hydrogens is 447 g/mol. The first-order valence-electron chi connectivity index (χ1n) is 9.53. The summed E-state index contributed by atoms with van der Waals surface area (Å²) in [7, 11) is 0. The van der Waals surface area contributed by atoms with Crippen molar-refractivity contribution in [3.63, 3.8) is 0 Å². The van der Waals surface area contributed by atoms with Crippen LogP contribution in [0.4, 0.5) is 5.69 Å². The predicted octanol–water partition coefficient (Wildman–Crippen LogP) is 4.77. The summed E-state index contributed by atoms with van der Waals surface area (Å²) in [4.78, 5) is 7.11. The van der Waals surface area contributed by atoms with Gasteiger partial charge >= 0.3 is 0 Å². The van der Waals surface area contributed by atoms with E-state index >= 15 is 0 Å². The first-order chi connectivity index (χ1) is 12.6. The van der Waals surface area contributed by atoms with Crippen LogP contribution in [0, 0.1) is 12.8 Å². The van der Waals surface area contributed by atoms with Gasteiger partial charge in [-0.1, -0.05) is 48.9 Å². The maximum absolute atomic E-state index is 6.07. The van der Waals surface area contributed by atoms with Crippen LogP contribution in [0.25, 0.3) is 0 Å². The molecule has 3 N–H and O–H groups in total. The number of nitrogens with two attached hydrogens (primary N) is 1. The zero-order valence-corrected chi connectivity index (χ0v) is 18.6. The van der Waals surface area contributed by atoms with Crippen LogP contribution in [0.5, 0.6) is 0 Å². The largest absolute Gasteiger partial charge is 0.370 e. The number of anilines is 1. The van der Waals surface area contributed by atoms with Crippen molar-refractivity contribution in [3.8, 4) is 0 Å². The van der Waals surface area contributed by atoms with E-state index in [0.717, 1.165) is 18.2 Å². The van der Waals surface area contributed by atoms with Crippen LogP contribution < -0.4 is 11.1 Å². The molecule has 0 amide bonds. The van der Waals surface area contributed by atoms with Crippen LogP contribution in [-0.4, -0.2) is 23.9 Å². The second-order valence-corrected chi connectivity index (χ2v) is 7.44. The molecule has 2 aromatic rings. The third kappa shape index (κ3) is 6.81. The fourth-order valence-corrected chi connectivity index (χ4v) is 3.53. The smallest absolute Gasteiger partial charge is 0.193 e. The molecule has 1 atom stereocenters. The van der Waals surface area contributed by atoms with Crippen molar-refractivity contribution in [1.82, 2.24) is 4.90 Å². The molecule has 1 aliphatic rings. The summed E-state index contributed by atoms with van der Waals surface area (Å²) in [6, 6.07) is 16.7. The highest BCUT2D eigenvalue weighted by molar-refractivity contribution is 14.0. The van der Waals surface area contributed by atoms with Gasteiger partial charge in [0, 0.05) is 18.8 Å². The van der Waals surface area contributed by atoms with Gasteiger partial charge in [-0.05, 0) is 55.5 Å². The number of halogens is 1. The molecule has 1 heterocycles. The van der Waals surface area contributed by atoms with E-state index in [2.05, 4.69) is 65.5 Å². The Balaban J connectivity index is 0.00000261. The summed E-state index contributed by atoms with van der Waals surface area (Å²) in [5, 5.41) is 3.16. The van der Waals surface area contributed by atoms with E-state index in [4.69, 9.17) is 5.73 Å². The molecule has 1 fully saturated rings. The van der Waals surface area contributed by atoms with Gasteiger partial charge in [0.05, 0.1) is 6.54 Å². The van der Waals surface area contributed by atoms with Crippen LogP contribution in [-0.2, 0) is 13.1 Å². The van der Waals surface area contributed by atoms with E-state index in [9.17, 15) is 0 Å². The molecule has 1 unspecified atom stereocenters. The summed E-state index contributed by atoms with van der Waals surface area (Å²) in [5.74, 6) is 1.25. The molecule has 5 heteroatoms. The molecule has 0 saturated carbocycles. The van der Waals surface area contributed by atoms with E-state index in [1.165, 1.54) is 42.6 Å². The van der Waals surface area contributed by atoms with Crippen LogP contribution in [0.1, 0.15) is 36.5 Å². The minimum atomic E-state index is 0. The molecule has 27 heavy (non-hydrogen) atoms. The zero-order valence-electron chi connectivity index (χ0n) is 16.3. The summed E-state index contributed by atoms with van der Waals surface area (Å²) in [6.07, 6.45) is 2.65. The van der Waals surface area contributed by atoms with Crippen molar-refractivity contribution in [3.05, 3.63) is 65.2 Å². The molecule has 0 radical (unpaired) electrons. The maximum Gasteiger partial charge on any atom is 0.193 e. The molecule has 4 nitrogen and oxygen atoms in total. The summed E-state index contributed by atoms with van der Waals surface area (Å²) < 4.78 is 0. The molecule has 1 aliphatic heterocycles. The minimum absolute atomic E-state index is 0. The lowest BCUT2D eigenvalue weighted by Crippen LogP contribution is -2.34. The molecule has 0 spiro atoms. The number of benzene rings is 2. The highest BCUT2D eigenvalue weighted by Gasteiger charge is 2.17. The summed E-state index contributed by atoms with van der Waals surface area (Å²) >= 11 is 0. The zero-order chi connectivity index (χ0) is 18.4. The predicted molar refractivity (Wildman–Crippen MR) is 126 cm³/mol. The van der Waals surface area contributed by atoms with Gasteiger partial charge in [-0.25, -0.2) is 4.99 Å². The topological polar surface area (TPSA) is 53.6 Å². The maximum atomic E-state index is 6.07. The van der Waals surface area contributed by atoms with Gasteiger partial charge in [0.2, 0.25) is 0 Å². The summed E-state index contributed by atoms with van der Waals surface area (Å²) in [6.45, 7) is 8.40. The molecule has 146 valence electrons. The number of aliphatic imine (C=N–C) groups is 1. The highest BCUT2D eigenvalue weighted by Crippen LogP contribution is 2.20. The Hall–Kier alpha value is -1.60.